The topological polar surface area (TPSA) is 38.7 Å². The molecule has 1 heterocycles. The smallest absolute Gasteiger partial charge is 0.164 e. The second-order valence-corrected chi connectivity index (χ2v) is 15.6. The van der Waals surface area contributed by atoms with Crippen LogP contribution >= 0.6 is 0 Å². The van der Waals surface area contributed by atoms with Crippen LogP contribution in [0.15, 0.2) is 237 Å². The molecule has 3 heteroatoms. The lowest BCUT2D eigenvalue weighted by Crippen LogP contribution is -2.01. The molecule has 3 nitrogen and oxygen atoms in total. The quantitative estimate of drug-likeness (QED) is 0.154. The number of aromatic nitrogens is 3. The number of benzene rings is 10. The lowest BCUT2D eigenvalue weighted by molar-refractivity contribution is 1.07. The minimum absolute atomic E-state index is 0.614. The van der Waals surface area contributed by atoms with Gasteiger partial charge in [-0.2, -0.15) is 0 Å². The molecule has 0 aliphatic rings. The summed E-state index contributed by atoms with van der Waals surface area (Å²) in [4.78, 5) is 15.7. The minimum Gasteiger partial charge on any atom is -0.208 e. The molecule has 0 fully saturated rings. The van der Waals surface area contributed by atoms with Gasteiger partial charge in [0.15, 0.2) is 17.5 Å². The van der Waals surface area contributed by atoms with Crippen LogP contribution in [0, 0.1) is 0 Å². The highest BCUT2D eigenvalue weighted by Crippen LogP contribution is 2.39. The van der Waals surface area contributed by atoms with Crippen molar-refractivity contribution in [2.24, 2.45) is 0 Å². The molecule has 0 unspecified atom stereocenters. The average Bonchev–Trinajstić information content (AvgIpc) is 3.36. The molecule has 62 heavy (non-hydrogen) atoms. The molecule has 0 bridgehead atoms. The molecule has 1 aromatic heterocycles. The van der Waals surface area contributed by atoms with Gasteiger partial charge >= 0.3 is 0 Å². The van der Waals surface area contributed by atoms with Crippen LogP contribution < -0.4 is 0 Å². The zero-order chi connectivity index (χ0) is 41.2. The third-order valence-corrected chi connectivity index (χ3v) is 11.8. The van der Waals surface area contributed by atoms with Crippen molar-refractivity contribution in [3.8, 4) is 89.8 Å². The van der Waals surface area contributed by atoms with E-state index in [1.807, 2.05) is 0 Å². The molecule has 10 aromatic carbocycles. The minimum atomic E-state index is 0.614. The normalized spacial score (nSPS) is 11.2. The zero-order valence-electron chi connectivity index (χ0n) is 33.9. The van der Waals surface area contributed by atoms with Crippen molar-refractivity contribution in [3.63, 3.8) is 0 Å². The van der Waals surface area contributed by atoms with Gasteiger partial charge in [-0.25, -0.2) is 15.0 Å². The Morgan fingerprint density at radius 1 is 0.194 bits per heavy atom. The molecule has 290 valence electrons. The monoisotopic (exact) mass is 789 g/mol. The van der Waals surface area contributed by atoms with Crippen LogP contribution in [-0.4, -0.2) is 15.0 Å². The van der Waals surface area contributed by atoms with Crippen LogP contribution in [-0.2, 0) is 0 Å². The fraction of sp³-hybridized carbons (Fsp3) is 0. The molecule has 0 atom stereocenters. The maximum atomic E-state index is 5.26. The Morgan fingerprint density at radius 2 is 0.565 bits per heavy atom. The maximum absolute atomic E-state index is 5.26. The second-order valence-electron chi connectivity index (χ2n) is 15.6. The van der Waals surface area contributed by atoms with E-state index in [-0.39, 0.29) is 0 Å². The summed E-state index contributed by atoms with van der Waals surface area (Å²) >= 11 is 0. The molecule has 0 saturated carbocycles. The van der Waals surface area contributed by atoms with E-state index < -0.39 is 0 Å². The van der Waals surface area contributed by atoms with E-state index in [1.54, 1.807) is 0 Å². The van der Waals surface area contributed by atoms with Gasteiger partial charge in [-0.15, -0.1) is 0 Å². The van der Waals surface area contributed by atoms with Crippen LogP contribution in [0.4, 0.5) is 0 Å². The van der Waals surface area contributed by atoms with E-state index in [9.17, 15) is 0 Å². The number of nitrogens with zero attached hydrogens (tertiary/aromatic N) is 3. The van der Waals surface area contributed by atoms with E-state index in [2.05, 4.69) is 237 Å². The molecule has 0 N–H and O–H groups in total. The lowest BCUT2D eigenvalue weighted by Gasteiger charge is -2.14. The highest BCUT2D eigenvalue weighted by molar-refractivity contribution is 6.04. The van der Waals surface area contributed by atoms with Crippen molar-refractivity contribution >= 4 is 21.5 Å². The SMILES string of the molecule is c1ccc(-c2ccc(-c3nc(-c4ccc(-c5cccc6ccccc56)cc4)nc(-c4cccc(-c5cccc6c(-c7ccccc7)cccc56)c4)n3)cc2-c2ccccc2)cc1. The highest BCUT2D eigenvalue weighted by Gasteiger charge is 2.17. The lowest BCUT2D eigenvalue weighted by atomic mass is 9.92. The molecule has 0 radical (unpaired) electrons. The first-order valence-electron chi connectivity index (χ1n) is 21.0. The number of fused-ring (bicyclic) bond motifs is 2. The van der Waals surface area contributed by atoms with E-state index >= 15 is 0 Å². The Kier molecular flexibility index (Phi) is 9.53. The number of rotatable bonds is 8. The fourth-order valence-electron chi connectivity index (χ4n) is 8.71. The van der Waals surface area contributed by atoms with Crippen molar-refractivity contribution < 1.29 is 0 Å². The van der Waals surface area contributed by atoms with Gasteiger partial charge in [0.05, 0.1) is 0 Å². The van der Waals surface area contributed by atoms with E-state index in [0.717, 1.165) is 55.6 Å². The number of hydrogen-bond acceptors (Lipinski definition) is 3. The van der Waals surface area contributed by atoms with Crippen molar-refractivity contribution in [1.29, 1.82) is 0 Å². The highest BCUT2D eigenvalue weighted by atomic mass is 15.0. The van der Waals surface area contributed by atoms with Crippen LogP contribution in [0.1, 0.15) is 0 Å². The van der Waals surface area contributed by atoms with Gasteiger partial charge in [-0.05, 0) is 89.3 Å². The van der Waals surface area contributed by atoms with E-state index in [0.29, 0.717) is 17.5 Å². The third-order valence-electron chi connectivity index (χ3n) is 11.8. The summed E-state index contributed by atoms with van der Waals surface area (Å²) in [6, 6.07) is 83.6. The second kappa shape index (κ2) is 16.1. The zero-order valence-corrected chi connectivity index (χ0v) is 33.9. The van der Waals surface area contributed by atoms with Gasteiger partial charge < -0.3 is 0 Å². The van der Waals surface area contributed by atoms with Crippen LogP contribution in [0.25, 0.3) is 111 Å². The molecule has 11 aromatic rings. The first kappa shape index (κ1) is 36.8. The third kappa shape index (κ3) is 7.02. The van der Waals surface area contributed by atoms with Crippen molar-refractivity contribution in [2.75, 3.05) is 0 Å². The van der Waals surface area contributed by atoms with Gasteiger partial charge in [0, 0.05) is 16.7 Å². The van der Waals surface area contributed by atoms with E-state index in [4.69, 9.17) is 15.0 Å². The summed E-state index contributed by atoms with van der Waals surface area (Å²) in [6.45, 7) is 0. The fourth-order valence-corrected chi connectivity index (χ4v) is 8.71. The summed E-state index contributed by atoms with van der Waals surface area (Å²) in [6.07, 6.45) is 0. The van der Waals surface area contributed by atoms with Crippen molar-refractivity contribution in [2.45, 2.75) is 0 Å². The first-order chi connectivity index (χ1) is 30.7. The molecule has 0 aliphatic carbocycles. The van der Waals surface area contributed by atoms with E-state index in [1.165, 1.54) is 38.2 Å². The van der Waals surface area contributed by atoms with Gasteiger partial charge in [0.1, 0.15) is 0 Å². The van der Waals surface area contributed by atoms with Gasteiger partial charge in [0.25, 0.3) is 0 Å². The van der Waals surface area contributed by atoms with Crippen LogP contribution in [0.2, 0.25) is 0 Å². The predicted octanol–water partition coefficient (Wildman–Crippen LogP) is 15.5. The van der Waals surface area contributed by atoms with Crippen LogP contribution in [0.5, 0.6) is 0 Å². The van der Waals surface area contributed by atoms with Crippen molar-refractivity contribution in [3.05, 3.63) is 237 Å². The summed E-state index contributed by atoms with van der Waals surface area (Å²) < 4.78 is 0. The summed E-state index contributed by atoms with van der Waals surface area (Å²) in [7, 11) is 0. The Morgan fingerprint density at radius 3 is 1.21 bits per heavy atom. The first-order valence-corrected chi connectivity index (χ1v) is 21.0. The molecule has 0 amide bonds. The number of hydrogen-bond donors (Lipinski definition) is 0. The van der Waals surface area contributed by atoms with Crippen LogP contribution in [0.3, 0.4) is 0 Å². The molecule has 0 aliphatic heterocycles. The Balaban J connectivity index is 1.06. The molecule has 0 spiro atoms. The molecule has 0 saturated heterocycles. The predicted molar refractivity (Wildman–Crippen MR) is 258 cm³/mol. The Labute approximate surface area is 361 Å². The summed E-state index contributed by atoms with van der Waals surface area (Å²) in [5.41, 5.74) is 14.3. The van der Waals surface area contributed by atoms with Gasteiger partial charge in [0.2, 0.25) is 0 Å². The largest absolute Gasteiger partial charge is 0.208 e. The molecular formula is C59H39N3. The standard InChI is InChI=1S/C59H39N3/c1-4-16-40(17-5-1)51-28-14-31-55-52(29-15-30-54(51)55)46-24-12-25-47(38-46)58-60-57(45-34-32-44(33-35-45)50-27-13-23-42-22-10-11-26-49(42)50)61-59(62-58)48-36-37-53(41-18-6-2-7-19-41)56(39-48)43-20-8-3-9-21-43/h1-39H. The summed E-state index contributed by atoms with van der Waals surface area (Å²) in [5.74, 6) is 1.84. The Bertz CT molecular complexity index is 3370. The Hall–Kier alpha value is -8.27. The summed E-state index contributed by atoms with van der Waals surface area (Å²) in [5, 5.41) is 4.85. The average molecular weight is 790 g/mol. The van der Waals surface area contributed by atoms with Crippen molar-refractivity contribution in [1.82, 2.24) is 15.0 Å². The molecular weight excluding hydrogens is 751 g/mol. The van der Waals surface area contributed by atoms with Gasteiger partial charge in [-0.3, -0.25) is 0 Å². The van der Waals surface area contributed by atoms with Gasteiger partial charge in [-0.1, -0.05) is 224 Å². The maximum Gasteiger partial charge on any atom is 0.164 e. The molecule has 11 rings (SSSR count).